The van der Waals surface area contributed by atoms with Crippen LogP contribution in [-0.4, -0.2) is 20.8 Å². The number of imidazole rings is 1. The van der Waals surface area contributed by atoms with Crippen LogP contribution in [0.1, 0.15) is 37.9 Å². The van der Waals surface area contributed by atoms with Gasteiger partial charge in [0.2, 0.25) is 0 Å². The molecule has 0 aliphatic heterocycles. The first-order valence-electron chi connectivity index (χ1n) is 6.62. The van der Waals surface area contributed by atoms with Crippen LogP contribution >= 0.6 is 0 Å². The summed E-state index contributed by atoms with van der Waals surface area (Å²) in [7, 11) is 0. The number of aliphatic hydroxyl groups excluding tert-OH is 1. The van der Waals surface area contributed by atoms with E-state index in [2.05, 4.69) is 11.5 Å². The molecule has 18 heavy (non-hydrogen) atoms. The van der Waals surface area contributed by atoms with Crippen LogP contribution in [0.2, 0.25) is 0 Å². The van der Waals surface area contributed by atoms with E-state index in [1.807, 2.05) is 18.2 Å². The molecule has 2 aromatic rings. The molecule has 1 heterocycles. The third-order valence-electron chi connectivity index (χ3n) is 3.73. The minimum atomic E-state index is -0.144. The van der Waals surface area contributed by atoms with E-state index in [0.29, 0.717) is 5.92 Å². The predicted octanol–water partition coefficient (Wildman–Crippen LogP) is 2.27. The molecular formula is C14H19N3O. The number of benzene rings is 1. The maximum Gasteiger partial charge on any atom is 0.113 e. The number of aryl methyl sites for hydroxylation is 1. The first kappa shape index (κ1) is 11.5. The molecule has 96 valence electrons. The van der Waals surface area contributed by atoms with Crippen molar-refractivity contribution in [2.45, 2.75) is 44.8 Å². The summed E-state index contributed by atoms with van der Waals surface area (Å²) in [5, 5.41) is 9.46. The number of aliphatic hydroxyl groups is 1. The molecule has 1 aliphatic carbocycles. The average Bonchev–Trinajstić information content (AvgIpc) is 2.64. The highest BCUT2D eigenvalue weighted by Crippen LogP contribution is 2.37. The van der Waals surface area contributed by atoms with Crippen LogP contribution in [0.25, 0.3) is 11.0 Å². The molecule has 0 amide bonds. The Morgan fingerprint density at radius 2 is 2.22 bits per heavy atom. The van der Waals surface area contributed by atoms with Crippen LogP contribution in [0, 0.1) is 0 Å². The van der Waals surface area contributed by atoms with Gasteiger partial charge in [0.1, 0.15) is 5.82 Å². The van der Waals surface area contributed by atoms with Crippen molar-refractivity contribution in [2.24, 2.45) is 0 Å². The molecule has 1 aliphatic rings. The first-order valence-corrected chi connectivity index (χ1v) is 6.62. The molecule has 1 fully saturated rings. The standard InChI is InChI=1S/C14H19N3O/c1-2-5-17-13-8-10(15)3-4-12(13)16-14(17)9-6-11(18)7-9/h3-4,8-9,11,18H,2,5-7,15H2,1H3. The van der Waals surface area contributed by atoms with Gasteiger partial charge in [0, 0.05) is 18.2 Å². The summed E-state index contributed by atoms with van der Waals surface area (Å²) in [4.78, 5) is 4.73. The molecule has 3 rings (SSSR count). The van der Waals surface area contributed by atoms with Crippen LogP contribution < -0.4 is 5.73 Å². The van der Waals surface area contributed by atoms with Gasteiger partial charge in [-0.3, -0.25) is 0 Å². The molecule has 0 unspecified atom stereocenters. The molecule has 4 heteroatoms. The van der Waals surface area contributed by atoms with E-state index in [4.69, 9.17) is 10.7 Å². The second kappa shape index (κ2) is 4.28. The van der Waals surface area contributed by atoms with Crippen molar-refractivity contribution < 1.29 is 5.11 Å². The Labute approximate surface area is 106 Å². The number of nitrogens with two attached hydrogens (primary N) is 1. The molecule has 1 saturated carbocycles. The number of anilines is 1. The number of rotatable bonds is 3. The second-order valence-electron chi connectivity index (χ2n) is 5.19. The number of nitrogen functional groups attached to an aromatic ring is 1. The van der Waals surface area contributed by atoms with Crippen LogP contribution in [0.4, 0.5) is 5.69 Å². The van der Waals surface area contributed by atoms with Crippen LogP contribution in [0.3, 0.4) is 0 Å². The Morgan fingerprint density at radius 1 is 1.44 bits per heavy atom. The third-order valence-corrected chi connectivity index (χ3v) is 3.73. The van der Waals surface area contributed by atoms with Gasteiger partial charge >= 0.3 is 0 Å². The fraction of sp³-hybridized carbons (Fsp3) is 0.500. The van der Waals surface area contributed by atoms with E-state index in [9.17, 15) is 5.11 Å². The highest BCUT2D eigenvalue weighted by atomic mass is 16.3. The Kier molecular flexibility index (Phi) is 2.74. The number of fused-ring (bicyclic) bond motifs is 1. The number of hydrogen-bond acceptors (Lipinski definition) is 3. The quantitative estimate of drug-likeness (QED) is 0.815. The van der Waals surface area contributed by atoms with Gasteiger partial charge in [0.05, 0.1) is 17.1 Å². The normalized spacial score (nSPS) is 23.2. The zero-order valence-electron chi connectivity index (χ0n) is 10.6. The SMILES string of the molecule is CCCn1c(C2CC(O)C2)nc2ccc(N)cc21. The molecule has 0 atom stereocenters. The first-order chi connectivity index (χ1) is 8.69. The van der Waals surface area contributed by atoms with Gasteiger partial charge in [-0.2, -0.15) is 0 Å². The van der Waals surface area contributed by atoms with E-state index >= 15 is 0 Å². The second-order valence-corrected chi connectivity index (χ2v) is 5.19. The average molecular weight is 245 g/mol. The highest BCUT2D eigenvalue weighted by molar-refractivity contribution is 5.79. The van der Waals surface area contributed by atoms with Gasteiger partial charge in [-0.1, -0.05) is 6.92 Å². The maximum absolute atomic E-state index is 9.46. The van der Waals surface area contributed by atoms with Gasteiger partial charge in [-0.15, -0.1) is 0 Å². The lowest BCUT2D eigenvalue weighted by atomic mass is 9.82. The van der Waals surface area contributed by atoms with E-state index in [0.717, 1.165) is 48.4 Å². The number of nitrogens with zero attached hydrogens (tertiary/aromatic N) is 2. The maximum atomic E-state index is 9.46. The molecular weight excluding hydrogens is 226 g/mol. The summed E-state index contributed by atoms with van der Waals surface area (Å²) < 4.78 is 2.27. The van der Waals surface area contributed by atoms with E-state index in [1.165, 1.54) is 0 Å². The summed E-state index contributed by atoms with van der Waals surface area (Å²) in [6, 6.07) is 5.87. The molecule has 1 aromatic carbocycles. The largest absolute Gasteiger partial charge is 0.399 e. The van der Waals surface area contributed by atoms with Gasteiger partial charge < -0.3 is 15.4 Å². The molecule has 1 aromatic heterocycles. The molecule has 4 nitrogen and oxygen atoms in total. The number of hydrogen-bond donors (Lipinski definition) is 2. The molecule has 0 saturated heterocycles. The van der Waals surface area contributed by atoms with Gasteiger partial charge in [0.15, 0.2) is 0 Å². The fourth-order valence-electron chi connectivity index (χ4n) is 2.73. The molecule has 0 radical (unpaired) electrons. The van der Waals surface area contributed by atoms with Crippen LogP contribution in [-0.2, 0) is 6.54 Å². The molecule has 3 N–H and O–H groups in total. The zero-order chi connectivity index (χ0) is 12.7. The third kappa shape index (κ3) is 1.77. The van der Waals surface area contributed by atoms with Gasteiger partial charge in [0.25, 0.3) is 0 Å². The summed E-state index contributed by atoms with van der Waals surface area (Å²) in [5.41, 5.74) is 8.77. The monoisotopic (exact) mass is 245 g/mol. The Morgan fingerprint density at radius 3 is 2.89 bits per heavy atom. The lowest BCUT2D eigenvalue weighted by Crippen LogP contribution is -2.28. The minimum Gasteiger partial charge on any atom is -0.399 e. The van der Waals surface area contributed by atoms with Crippen molar-refractivity contribution in [1.82, 2.24) is 9.55 Å². The lowest BCUT2D eigenvalue weighted by Gasteiger charge is -2.31. The minimum absolute atomic E-state index is 0.144. The zero-order valence-corrected chi connectivity index (χ0v) is 10.6. The van der Waals surface area contributed by atoms with E-state index < -0.39 is 0 Å². The summed E-state index contributed by atoms with van der Waals surface area (Å²) in [5.74, 6) is 1.52. The van der Waals surface area contributed by atoms with Crippen molar-refractivity contribution in [3.8, 4) is 0 Å². The topological polar surface area (TPSA) is 64.1 Å². The Balaban J connectivity index is 2.09. The number of aromatic nitrogens is 2. The summed E-state index contributed by atoms with van der Waals surface area (Å²) in [6.07, 6.45) is 2.60. The predicted molar refractivity (Wildman–Crippen MR) is 72.4 cm³/mol. The smallest absolute Gasteiger partial charge is 0.113 e. The van der Waals surface area contributed by atoms with Crippen molar-refractivity contribution in [3.05, 3.63) is 24.0 Å². The van der Waals surface area contributed by atoms with Crippen LogP contribution in [0.15, 0.2) is 18.2 Å². The van der Waals surface area contributed by atoms with Crippen molar-refractivity contribution in [2.75, 3.05) is 5.73 Å². The van der Waals surface area contributed by atoms with Gasteiger partial charge in [-0.25, -0.2) is 4.98 Å². The van der Waals surface area contributed by atoms with E-state index in [1.54, 1.807) is 0 Å². The van der Waals surface area contributed by atoms with Crippen molar-refractivity contribution in [1.29, 1.82) is 0 Å². The van der Waals surface area contributed by atoms with Crippen LogP contribution in [0.5, 0.6) is 0 Å². The van der Waals surface area contributed by atoms with Gasteiger partial charge in [-0.05, 0) is 37.5 Å². The van der Waals surface area contributed by atoms with Crippen molar-refractivity contribution >= 4 is 16.7 Å². The molecule has 0 bridgehead atoms. The summed E-state index contributed by atoms with van der Waals surface area (Å²) in [6.45, 7) is 3.12. The molecule has 0 spiro atoms. The Bertz CT molecular complexity index is 570. The Hall–Kier alpha value is -1.55. The van der Waals surface area contributed by atoms with E-state index in [-0.39, 0.29) is 6.10 Å². The highest BCUT2D eigenvalue weighted by Gasteiger charge is 2.32. The summed E-state index contributed by atoms with van der Waals surface area (Å²) >= 11 is 0. The van der Waals surface area contributed by atoms with Crippen molar-refractivity contribution in [3.63, 3.8) is 0 Å². The fourth-order valence-corrected chi connectivity index (χ4v) is 2.73. The lowest BCUT2D eigenvalue weighted by molar-refractivity contribution is 0.0705.